The molecule has 0 radical (unpaired) electrons. The van der Waals surface area contributed by atoms with Gasteiger partial charge < -0.3 is 10.2 Å². The van der Waals surface area contributed by atoms with Crippen molar-refractivity contribution in [2.75, 3.05) is 18.9 Å². The second-order valence-corrected chi connectivity index (χ2v) is 7.45. The molecule has 0 aliphatic carbocycles. The van der Waals surface area contributed by atoms with E-state index in [2.05, 4.69) is 23.2 Å². The monoisotopic (exact) mass is 363 g/mol. The smallest absolute Gasteiger partial charge is 0.318 e. The second-order valence-electron chi connectivity index (χ2n) is 5.57. The van der Waals surface area contributed by atoms with Crippen LogP contribution in [0.4, 0.5) is 10.5 Å². The van der Waals surface area contributed by atoms with Gasteiger partial charge in [0.2, 0.25) is 10.0 Å². The number of sulfonamides is 1. The number of urea groups is 1. The minimum absolute atomic E-state index is 0.0305. The van der Waals surface area contributed by atoms with E-state index in [0.717, 1.165) is 5.57 Å². The van der Waals surface area contributed by atoms with E-state index in [-0.39, 0.29) is 17.0 Å². The van der Waals surface area contributed by atoms with Gasteiger partial charge in [0, 0.05) is 18.3 Å². The van der Waals surface area contributed by atoms with Crippen LogP contribution in [0.2, 0.25) is 0 Å². The molecule has 0 aromatic heterocycles. The van der Waals surface area contributed by atoms with E-state index >= 15 is 0 Å². The molecule has 0 spiro atoms. The molecule has 25 heavy (non-hydrogen) atoms. The number of carbonyl (C=O) groups excluding carboxylic acids is 1. The molecule has 0 saturated carbocycles. The summed E-state index contributed by atoms with van der Waals surface area (Å²) in [6, 6.07) is 5.67. The Morgan fingerprint density at radius 1 is 1.24 bits per heavy atom. The topological polar surface area (TPSA) is 78.5 Å². The van der Waals surface area contributed by atoms with E-state index < -0.39 is 10.0 Å². The zero-order valence-corrected chi connectivity index (χ0v) is 15.6. The minimum atomic E-state index is -3.50. The molecule has 0 saturated heterocycles. The highest BCUT2D eigenvalue weighted by atomic mass is 32.2. The normalized spacial score (nSPS) is 11.9. The summed E-state index contributed by atoms with van der Waals surface area (Å²) in [4.78, 5) is 14.3. The molecule has 0 fully saturated rings. The standard InChI is InChI=1S/C18H25N3O3S/c1-6-8-15(7-2)13-21(14(3)4)18(22)20-16-9-11-17(12-10-16)25(23,24)19-5/h6-12,14,19H,1-2,13H2,3-5H3,(H,20,22). The van der Waals surface area contributed by atoms with Crippen LogP contribution in [0, 0.1) is 0 Å². The number of carbonyl (C=O) groups is 1. The van der Waals surface area contributed by atoms with Crippen molar-refractivity contribution < 1.29 is 13.2 Å². The predicted octanol–water partition coefficient (Wildman–Crippen LogP) is 3.14. The molecule has 0 bridgehead atoms. The van der Waals surface area contributed by atoms with Crippen molar-refractivity contribution in [1.82, 2.24) is 9.62 Å². The summed E-state index contributed by atoms with van der Waals surface area (Å²) in [5.74, 6) is 0. The Kier molecular flexibility index (Phi) is 7.60. The van der Waals surface area contributed by atoms with Crippen LogP contribution in [0.15, 0.2) is 66.1 Å². The highest BCUT2D eigenvalue weighted by molar-refractivity contribution is 7.89. The van der Waals surface area contributed by atoms with Gasteiger partial charge in [0.25, 0.3) is 0 Å². The quantitative estimate of drug-likeness (QED) is 0.697. The number of nitrogens with zero attached hydrogens (tertiary/aromatic N) is 1. The van der Waals surface area contributed by atoms with Crippen LogP contribution in [0.5, 0.6) is 0 Å². The number of nitrogens with one attached hydrogen (secondary N) is 2. The Hall–Kier alpha value is -2.38. The molecule has 2 amide bonds. The van der Waals surface area contributed by atoms with Gasteiger partial charge in [-0.25, -0.2) is 17.9 Å². The first kappa shape index (κ1) is 20.7. The molecule has 2 N–H and O–H groups in total. The first-order chi connectivity index (χ1) is 11.7. The van der Waals surface area contributed by atoms with E-state index in [4.69, 9.17) is 0 Å². The van der Waals surface area contributed by atoms with Gasteiger partial charge in [-0.2, -0.15) is 0 Å². The first-order valence-corrected chi connectivity index (χ1v) is 9.28. The summed E-state index contributed by atoms with van der Waals surface area (Å²) < 4.78 is 25.7. The number of hydrogen-bond acceptors (Lipinski definition) is 3. The highest BCUT2D eigenvalue weighted by Gasteiger charge is 2.18. The minimum Gasteiger partial charge on any atom is -0.318 e. The van der Waals surface area contributed by atoms with E-state index in [1.165, 1.54) is 19.2 Å². The maximum Gasteiger partial charge on any atom is 0.322 e. The molecule has 136 valence electrons. The third kappa shape index (κ3) is 5.88. The fraction of sp³-hybridized carbons (Fsp3) is 0.278. The molecule has 0 atom stereocenters. The molecule has 0 aliphatic heterocycles. The van der Waals surface area contributed by atoms with Gasteiger partial charge in [0.05, 0.1) is 4.90 Å². The molecule has 1 rings (SSSR count). The third-order valence-corrected chi connectivity index (χ3v) is 4.95. The van der Waals surface area contributed by atoms with Crippen LogP contribution < -0.4 is 10.0 Å². The zero-order chi connectivity index (χ0) is 19.0. The van der Waals surface area contributed by atoms with Gasteiger partial charge >= 0.3 is 6.03 Å². The average molecular weight is 363 g/mol. The predicted molar refractivity (Wildman–Crippen MR) is 102 cm³/mol. The van der Waals surface area contributed by atoms with Crippen molar-refractivity contribution in [1.29, 1.82) is 0 Å². The van der Waals surface area contributed by atoms with Crippen molar-refractivity contribution in [3.8, 4) is 0 Å². The van der Waals surface area contributed by atoms with Gasteiger partial charge in [0.15, 0.2) is 0 Å². The number of rotatable bonds is 8. The summed E-state index contributed by atoms with van der Waals surface area (Å²) in [5, 5.41) is 2.78. The zero-order valence-electron chi connectivity index (χ0n) is 14.8. The molecule has 0 heterocycles. The van der Waals surface area contributed by atoms with E-state index in [1.54, 1.807) is 35.3 Å². The molecule has 6 nitrogen and oxygen atoms in total. The molecule has 7 heteroatoms. The first-order valence-electron chi connectivity index (χ1n) is 7.80. The Morgan fingerprint density at radius 2 is 1.84 bits per heavy atom. The van der Waals surface area contributed by atoms with Crippen LogP contribution >= 0.6 is 0 Å². The molecule has 0 unspecified atom stereocenters. The fourth-order valence-electron chi connectivity index (χ4n) is 2.05. The number of hydrogen-bond donors (Lipinski definition) is 2. The lowest BCUT2D eigenvalue weighted by Crippen LogP contribution is -2.41. The fourth-order valence-corrected chi connectivity index (χ4v) is 2.78. The van der Waals surface area contributed by atoms with Crippen LogP contribution in [-0.4, -0.2) is 39.0 Å². The second kappa shape index (κ2) is 9.19. The largest absolute Gasteiger partial charge is 0.322 e. The van der Waals surface area contributed by atoms with Crippen LogP contribution in [0.25, 0.3) is 0 Å². The lowest BCUT2D eigenvalue weighted by molar-refractivity contribution is 0.203. The van der Waals surface area contributed by atoms with Crippen molar-refractivity contribution in [2.24, 2.45) is 0 Å². The molecule has 1 aromatic rings. The number of benzene rings is 1. The summed E-state index contributed by atoms with van der Waals surface area (Å²) in [6.45, 7) is 11.6. The lowest BCUT2D eigenvalue weighted by atomic mass is 10.2. The van der Waals surface area contributed by atoms with Crippen molar-refractivity contribution >= 4 is 21.7 Å². The molecule has 1 aromatic carbocycles. The van der Waals surface area contributed by atoms with E-state index in [9.17, 15) is 13.2 Å². The lowest BCUT2D eigenvalue weighted by Gasteiger charge is -2.27. The van der Waals surface area contributed by atoms with Gasteiger partial charge in [-0.05, 0) is 50.7 Å². The molecular weight excluding hydrogens is 338 g/mol. The number of allylic oxidation sites excluding steroid dienone is 2. The van der Waals surface area contributed by atoms with Crippen molar-refractivity contribution in [3.05, 3.63) is 61.2 Å². The van der Waals surface area contributed by atoms with Crippen molar-refractivity contribution in [2.45, 2.75) is 24.8 Å². The molecular formula is C18H25N3O3S. The third-order valence-electron chi connectivity index (χ3n) is 3.52. The summed E-state index contributed by atoms with van der Waals surface area (Å²) in [6.07, 6.45) is 5.13. The average Bonchev–Trinajstić information content (AvgIpc) is 2.58. The highest BCUT2D eigenvalue weighted by Crippen LogP contribution is 2.15. The SMILES string of the molecule is C=CC=C(C=C)CN(C(=O)Nc1ccc(S(=O)(=O)NC)cc1)C(C)C. The maximum absolute atomic E-state index is 12.5. The Bertz CT molecular complexity index is 750. The maximum atomic E-state index is 12.5. The Labute approximate surface area is 150 Å². The Balaban J connectivity index is 2.92. The summed E-state index contributed by atoms with van der Waals surface area (Å²) in [5.41, 5.74) is 1.38. The van der Waals surface area contributed by atoms with Crippen LogP contribution in [0.1, 0.15) is 13.8 Å². The van der Waals surface area contributed by atoms with Gasteiger partial charge in [-0.3, -0.25) is 0 Å². The van der Waals surface area contributed by atoms with Gasteiger partial charge in [0.1, 0.15) is 0 Å². The van der Waals surface area contributed by atoms with Crippen LogP contribution in [0.3, 0.4) is 0 Å². The van der Waals surface area contributed by atoms with Gasteiger partial charge in [-0.15, -0.1) is 0 Å². The van der Waals surface area contributed by atoms with Crippen molar-refractivity contribution in [3.63, 3.8) is 0 Å². The molecule has 0 aliphatic rings. The van der Waals surface area contributed by atoms with Crippen LogP contribution in [-0.2, 0) is 10.0 Å². The number of anilines is 1. The summed E-state index contributed by atoms with van der Waals surface area (Å²) >= 11 is 0. The number of amides is 2. The van der Waals surface area contributed by atoms with E-state index in [1.807, 2.05) is 13.8 Å². The summed E-state index contributed by atoms with van der Waals surface area (Å²) in [7, 11) is -2.15. The van der Waals surface area contributed by atoms with E-state index in [0.29, 0.717) is 12.2 Å². The van der Waals surface area contributed by atoms with Gasteiger partial charge in [-0.1, -0.05) is 31.4 Å². The Morgan fingerprint density at radius 3 is 2.28 bits per heavy atom.